The molecule has 8 heteroatoms. The maximum atomic E-state index is 12.4. The third-order valence-corrected chi connectivity index (χ3v) is 5.61. The van der Waals surface area contributed by atoms with Gasteiger partial charge in [-0.1, -0.05) is 6.07 Å². The second-order valence-electron chi connectivity index (χ2n) is 8.16. The van der Waals surface area contributed by atoms with Crippen molar-refractivity contribution in [2.24, 2.45) is 0 Å². The van der Waals surface area contributed by atoms with Crippen molar-refractivity contribution in [3.63, 3.8) is 0 Å². The van der Waals surface area contributed by atoms with E-state index >= 15 is 0 Å². The third-order valence-electron chi connectivity index (χ3n) is 5.61. The van der Waals surface area contributed by atoms with E-state index in [1.165, 1.54) is 12.4 Å². The van der Waals surface area contributed by atoms with Gasteiger partial charge in [-0.15, -0.1) is 0 Å². The van der Waals surface area contributed by atoms with Gasteiger partial charge in [0.25, 0.3) is 5.91 Å². The Morgan fingerprint density at radius 3 is 2.57 bits per heavy atom. The molecule has 28 heavy (non-hydrogen) atoms. The van der Waals surface area contributed by atoms with Crippen LogP contribution in [0.2, 0.25) is 0 Å². The van der Waals surface area contributed by atoms with E-state index in [2.05, 4.69) is 15.3 Å². The number of aromatic nitrogens is 2. The zero-order valence-corrected chi connectivity index (χ0v) is 15.9. The van der Waals surface area contributed by atoms with Crippen LogP contribution in [0, 0.1) is 6.92 Å². The van der Waals surface area contributed by atoms with Crippen LogP contribution >= 0.6 is 0 Å². The molecule has 3 aliphatic rings. The number of rotatable bonds is 3. The molecule has 0 radical (unpaired) electrons. The Labute approximate surface area is 161 Å². The van der Waals surface area contributed by atoms with E-state index in [0.29, 0.717) is 18.2 Å². The van der Waals surface area contributed by atoms with Crippen molar-refractivity contribution in [2.75, 3.05) is 11.5 Å². The highest BCUT2D eigenvalue weighted by molar-refractivity contribution is 6.22. The number of benzene rings is 1. The predicted octanol–water partition coefficient (Wildman–Crippen LogP) is 2.84. The lowest BCUT2D eigenvalue weighted by molar-refractivity contribution is -0.121. The molecule has 3 heterocycles. The molecule has 3 amide bonds. The van der Waals surface area contributed by atoms with Gasteiger partial charge in [0.1, 0.15) is 17.0 Å². The number of ether oxygens (including phenoxy) is 2. The van der Waals surface area contributed by atoms with E-state index in [1.54, 1.807) is 13.8 Å². The molecule has 1 saturated carbocycles. The lowest BCUT2D eigenvalue weighted by Gasteiger charge is -2.16. The average Bonchev–Trinajstić information content (AvgIpc) is 3.26. The summed E-state index contributed by atoms with van der Waals surface area (Å²) in [7, 11) is 0. The van der Waals surface area contributed by atoms with Crippen molar-refractivity contribution in [1.29, 1.82) is 0 Å². The molecule has 8 nitrogen and oxygen atoms in total. The quantitative estimate of drug-likeness (QED) is 0.823. The van der Waals surface area contributed by atoms with Crippen LogP contribution in [0.15, 0.2) is 24.5 Å². The van der Waals surface area contributed by atoms with Gasteiger partial charge in [0.2, 0.25) is 5.88 Å². The van der Waals surface area contributed by atoms with Gasteiger partial charge in [0.05, 0.1) is 19.0 Å². The second-order valence-corrected chi connectivity index (χ2v) is 8.16. The summed E-state index contributed by atoms with van der Waals surface area (Å²) in [5.74, 6) is 1.71. The van der Waals surface area contributed by atoms with E-state index in [4.69, 9.17) is 9.47 Å². The van der Waals surface area contributed by atoms with Gasteiger partial charge in [0, 0.05) is 11.0 Å². The molecule has 0 atom stereocenters. The predicted molar refractivity (Wildman–Crippen MR) is 99.8 cm³/mol. The van der Waals surface area contributed by atoms with Crippen molar-refractivity contribution < 1.29 is 19.1 Å². The Morgan fingerprint density at radius 1 is 1.18 bits per heavy atom. The number of nitrogens with zero attached hydrogens (tertiary/aromatic N) is 3. The number of carbonyl (C=O) groups is 2. The highest BCUT2D eigenvalue weighted by Crippen LogP contribution is 2.59. The minimum atomic E-state index is -0.963. The zero-order chi connectivity index (χ0) is 19.7. The smallest absolute Gasteiger partial charge is 0.330 e. The Bertz CT molecular complexity index is 1010. The lowest BCUT2D eigenvalue weighted by atomic mass is 9.95. The van der Waals surface area contributed by atoms with Gasteiger partial charge >= 0.3 is 6.03 Å². The van der Waals surface area contributed by atoms with E-state index in [-0.39, 0.29) is 17.1 Å². The van der Waals surface area contributed by atoms with Crippen LogP contribution in [-0.2, 0) is 10.2 Å². The molecule has 2 aliphatic heterocycles. The van der Waals surface area contributed by atoms with E-state index < -0.39 is 11.6 Å². The van der Waals surface area contributed by atoms with E-state index in [1.807, 2.05) is 19.1 Å². The van der Waals surface area contributed by atoms with E-state index in [9.17, 15) is 9.59 Å². The summed E-state index contributed by atoms with van der Waals surface area (Å²) in [5, 5.41) is 2.62. The first-order valence-electron chi connectivity index (χ1n) is 9.24. The van der Waals surface area contributed by atoms with Crippen LogP contribution in [0.4, 0.5) is 10.6 Å². The lowest BCUT2D eigenvalue weighted by Crippen LogP contribution is -2.40. The van der Waals surface area contributed by atoms with Gasteiger partial charge < -0.3 is 14.8 Å². The van der Waals surface area contributed by atoms with Crippen molar-refractivity contribution in [1.82, 2.24) is 15.3 Å². The monoisotopic (exact) mass is 380 g/mol. The van der Waals surface area contributed by atoms with E-state index in [0.717, 1.165) is 34.6 Å². The number of nitrogens with one attached hydrogen (secondary N) is 1. The molecule has 0 bridgehead atoms. The van der Waals surface area contributed by atoms with Crippen molar-refractivity contribution >= 4 is 17.8 Å². The first kappa shape index (κ1) is 17.0. The Morgan fingerprint density at radius 2 is 1.96 bits per heavy atom. The highest BCUT2D eigenvalue weighted by Gasteiger charge is 2.53. The molecular formula is C20H20N4O4. The third kappa shape index (κ3) is 2.37. The number of aryl methyl sites for hydroxylation is 1. The zero-order valence-electron chi connectivity index (χ0n) is 15.9. The number of imide groups is 1. The summed E-state index contributed by atoms with van der Waals surface area (Å²) >= 11 is 0. The largest absolute Gasteiger partial charge is 0.492 e. The van der Waals surface area contributed by atoms with Crippen molar-refractivity contribution in [3.05, 3.63) is 35.7 Å². The number of hydrogen-bond donors (Lipinski definition) is 1. The molecule has 144 valence electrons. The molecule has 5 rings (SSSR count). The Hall–Kier alpha value is -3.16. The number of amides is 3. The molecular weight excluding hydrogens is 360 g/mol. The minimum Gasteiger partial charge on any atom is -0.492 e. The molecule has 1 aromatic carbocycles. The summed E-state index contributed by atoms with van der Waals surface area (Å²) in [6.07, 6.45) is 4.97. The van der Waals surface area contributed by atoms with Crippen LogP contribution in [0.1, 0.15) is 37.8 Å². The summed E-state index contributed by atoms with van der Waals surface area (Å²) in [4.78, 5) is 33.9. The normalized spacial score (nSPS) is 20.8. The highest BCUT2D eigenvalue weighted by atomic mass is 16.5. The number of hydrogen-bond acceptors (Lipinski definition) is 6. The summed E-state index contributed by atoms with van der Waals surface area (Å²) < 4.78 is 11.9. The topological polar surface area (TPSA) is 93.7 Å². The number of urea groups is 1. The Balaban J connectivity index is 1.43. The summed E-state index contributed by atoms with van der Waals surface area (Å²) in [5.41, 5.74) is 1.30. The fourth-order valence-corrected chi connectivity index (χ4v) is 3.82. The van der Waals surface area contributed by atoms with Gasteiger partial charge in [-0.05, 0) is 45.2 Å². The fourth-order valence-electron chi connectivity index (χ4n) is 3.82. The van der Waals surface area contributed by atoms with Crippen LogP contribution in [0.5, 0.6) is 17.4 Å². The maximum Gasteiger partial charge on any atom is 0.330 e. The number of fused-ring (bicyclic) bond motifs is 2. The number of carbonyl (C=O) groups excluding carboxylic acids is 2. The fraction of sp³-hybridized carbons (Fsp3) is 0.400. The van der Waals surface area contributed by atoms with Crippen LogP contribution in [0.25, 0.3) is 0 Å². The average molecular weight is 380 g/mol. The standard InChI is InChI=1S/C20H20N4O4/c1-11-4-5-12(15-16(11)27-10-20(15)6-7-20)28-14-9-21-13(8-22-14)24-17(25)19(2,3)23-18(24)26/h4-5,8-9H,6-7,10H2,1-3H3,(H,23,26). The molecule has 1 aromatic heterocycles. The van der Waals surface area contributed by atoms with Gasteiger partial charge in [-0.25, -0.2) is 19.7 Å². The first-order chi connectivity index (χ1) is 13.3. The second kappa shape index (κ2) is 5.43. The molecule has 2 fully saturated rings. The van der Waals surface area contributed by atoms with Crippen LogP contribution in [-0.4, -0.2) is 34.1 Å². The van der Waals surface area contributed by atoms with Crippen LogP contribution in [0.3, 0.4) is 0 Å². The first-order valence-corrected chi connectivity index (χ1v) is 9.24. The molecule has 1 aliphatic carbocycles. The van der Waals surface area contributed by atoms with Gasteiger partial charge in [0.15, 0.2) is 5.82 Å². The van der Waals surface area contributed by atoms with Gasteiger partial charge in [-0.3, -0.25) is 4.79 Å². The summed E-state index contributed by atoms with van der Waals surface area (Å²) in [6, 6.07) is 3.38. The van der Waals surface area contributed by atoms with Gasteiger partial charge in [-0.2, -0.15) is 0 Å². The van der Waals surface area contributed by atoms with Crippen LogP contribution < -0.4 is 19.7 Å². The van der Waals surface area contributed by atoms with Crippen molar-refractivity contribution in [3.8, 4) is 17.4 Å². The minimum absolute atomic E-state index is 0.0652. The number of anilines is 1. The Kier molecular flexibility index (Phi) is 3.29. The maximum absolute atomic E-state index is 12.4. The molecule has 1 saturated heterocycles. The SMILES string of the molecule is Cc1ccc(Oc2cnc(N3C(=O)NC(C)(C)C3=O)cn2)c2c1OCC21CC1. The molecule has 2 aromatic rings. The molecule has 1 N–H and O–H groups in total. The summed E-state index contributed by atoms with van der Waals surface area (Å²) in [6.45, 7) is 6.01. The van der Waals surface area contributed by atoms with Crippen molar-refractivity contribution in [2.45, 2.75) is 44.6 Å². The molecule has 1 spiro atoms. The molecule has 0 unspecified atom stereocenters.